The fraction of sp³-hybridized carbons (Fsp3) is 0.125. The minimum atomic E-state index is -0.715. The molecule has 0 aliphatic rings. The molecule has 3 aromatic rings. The van der Waals surface area contributed by atoms with Gasteiger partial charge in [-0.1, -0.05) is 12.1 Å². The molecular weight excluding hydrogens is 288 g/mol. The van der Waals surface area contributed by atoms with Crippen LogP contribution in [0.3, 0.4) is 0 Å². The molecule has 0 aliphatic carbocycles. The number of rotatable bonds is 5. The number of hydrogen-bond acceptors (Lipinski definition) is 4. The molecule has 2 aromatic carbocycles. The number of nitrogens with zero attached hydrogens (tertiary/aromatic N) is 2. The van der Waals surface area contributed by atoms with Gasteiger partial charge < -0.3 is 10.1 Å². The Morgan fingerprint density at radius 1 is 1.05 bits per heavy atom. The third kappa shape index (κ3) is 3.11. The summed E-state index contributed by atoms with van der Waals surface area (Å²) in [7, 11) is 0. The molecule has 0 saturated heterocycles. The lowest BCUT2D eigenvalue weighted by Crippen LogP contribution is -2.13. The number of anilines is 1. The fourth-order valence-electron chi connectivity index (χ4n) is 2.07. The van der Waals surface area contributed by atoms with Crippen molar-refractivity contribution >= 4 is 16.7 Å². The molecule has 4 nitrogen and oxygen atoms in total. The molecule has 0 fully saturated rings. The van der Waals surface area contributed by atoms with Crippen molar-refractivity contribution in [1.82, 2.24) is 9.97 Å². The van der Waals surface area contributed by atoms with Crippen LogP contribution in [0.5, 0.6) is 5.75 Å². The Kier molecular flexibility index (Phi) is 4.09. The highest BCUT2D eigenvalue weighted by Gasteiger charge is 2.05. The third-order valence-corrected chi connectivity index (χ3v) is 3.09. The number of benzene rings is 2. The number of aromatic nitrogens is 2. The highest BCUT2D eigenvalue weighted by molar-refractivity contribution is 5.88. The number of hydrogen-bond donors (Lipinski definition) is 1. The van der Waals surface area contributed by atoms with Crippen LogP contribution >= 0.6 is 0 Å². The van der Waals surface area contributed by atoms with Gasteiger partial charge in [-0.25, -0.2) is 18.7 Å². The Morgan fingerprint density at radius 3 is 2.77 bits per heavy atom. The van der Waals surface area contributed by atoms with E-state index in [1.165, 1.54) is 12.4 Å². The van der Waals surface area contributed by atoms with E-state index in [9.17, 15) is 8.78 Å². The Hall–Kier alpha value is -2.76. The summed E-state index contributed by atoms with van der Waals surface area (Å²) in [5.74, 6) is -0.632. The van der Waals surface area contributed by atoms with Crippen LogP contribution in [0.1, 0.15) is 0 Å². The van der Waals surface area contributed by atoms with E-state index in [1.54, 1.807) is 0 Å². The maximum atomic E-state index is 13.4. The van der Waals surface area contributed by atoms with Gasteiger partial charge in [-0.15, -0.1) is 0 Å². The zero-order valence-electron chi connectivity index (χ0n) is 11.6. The van der Waals surface area contributed by atoms with E-state index in [2.05, 4.69) is 15.3 Å². The van der Waals surface area contributed by atoms with E-state index >= 15 is 0 Å². The van der Waals surface area contributed by atoms with Gasteiger partial charge in [0, 0.05) is 11.5 Å². The van der Waals surface area contributed by atoms with Crippen LogP contribution in [0, 0.1) is 11.6 Å². The van der Waals surface area contributed by atoms with Crippen molar-refractivity contribution < 1.29 is 13.5 Å². The topological polar surface area (TPSA) is 47.0 Å². The summed E-state index contributed by atoms with van der Waals surface area (Å²) in [5.41, 5.74) is 0.838. The van der Waals surface area contributed by atoms with Crippen molar-refractivity contribution in [3.63, 3.8) is 0 Å². The van der Waals surface area contributed by atoms with E-state index in [1.807, 2.05) is 24.3 Å². The first-order valence-corrected chi connectivity index (χ1v) is 6.75. The number of fused-ring (bicyclic) bond motifs is 1. The van der Waals surface area contributed by atoms with Crippen LogP contribution < -0.4 is 10.1 Å². The van der Waals surface area contributed by atoms with Gasteiger partial charge in [0.05, 0.1) is 12.1 Å². The number of nitrogens with one attached hydrogen (secondary N) is 1. The zero-order valence-corrected chi connectivity index (χ0v) is 11.6. The average Bonchev–Trinajstić information content (AvgIpc) is 2.53. The summed E-state index contributed by atoms with van der Waals surface area (Å²) in [6, 6.07) is 10.8. The van der Waals surface area contributed by atoms with E-state index in [4.69, 9.17) is 4.74 Å². The lowest BCUT2D eigenvalue weighted by molar-refractivity contribution is 0.314. The van der Waals surface area contributed by atoms with Crippen LogP contribution in [0.2, 0.25) is 0 Å². The molecule has 22 heavy (non-hydrogen) atoms. The molecule has 112 valence electrons. The molecular formula is C16H13F2N3O. The van der Waals surface area contributed by atoms with Crippen molar-refractivity contribution in [3.05, 3.63) is 60.4 Å². The molecule has 0 radical (unpaired) electrons. The van der Waals surface area contributed by atoms with E-state index in [0.717, 1.165) is 23.0 Å². The lowest BCUT2D eigenvalue weighted by Gasteiger charge is -2.10. The highest BCUT2D eigenvalue weighted by Crippen LogP contribution is 2.19. The van der Waals surface area contributed by atoms with E-state index < -0.39 is 11.6 Å². The normalized spacial score (nSPS) is 10.6. The summed E-state index contributed by atoms with van der Waals surface area (Å²) in [6.07, 6.45) is 1.48. The zero-order chi connectivity index (χ0) is 15.4. The summed E-state index contributed by atoms with van der Waals surface area (Å²) >= 11 is 0. The maximum Gasteiger partial charge on any atom is 0.167 e. The van der Waals surface area contributed by atoms with Gasteiger partial charge >= 0.3 is 0 Å². The number of halogens is 2. The number of para-hydroxylation sites is 1. The summed E-state index contributed by atoms with van der Waals surface area (Å²) in [5, 5.41) is 4.02. The van der Waals surface area contributed by atoms with Crippen LogP contribution in [-0.2, 0) is 0 Å². The smallest absolute Gasteiger partial charge is 0.167 e. The molecule has 0 bridgehead atoms. The Balaban J connectivity index is 1.61. The molecule has 6 heteroatoms. The SMILES string of the molecule is Fc1ccc(OCCNc2ncnc3ccccc23)c(F)c1. The fourth-order valence-corrected chi connectivity index (χ4v) is 2.07. The van der Waals surface area contributed by atoms with Crippen molar-refractivity contribution in [1.29, 1.82) is 0 Å². The first-order chi connectivity index (χ1) is 10.7. The van der Waals surface area contributed by atoms with E-state index in [0.29, 0.717) is 12.4 Å². The van der Waals surface area contributed by atoms with Crippen LogP contribution in [0.15, 0.2) is 48.8 Å². The number of ether oxygens (including phenoxy) is 1. The third-order valence-electron chi connectivity index (χ3n) is 3.09. The summed E-state index contributed by atoms with van der Waals surface area (Å²) in [6.45, 7) is 0.651. The molecule has 0 unspecified atom stereocenters. The Labute approximate surface area is 125 Å². The van der Waals surface area contributed by atoms with E-state index in [-0.39, 0.29) is 12.4 Å². The Bertz CT molecular complexity index is 790. The van der Waals surface area contributed by atoms with Crippen LogP contribution in [0.25, 0.3) is 10.9 Å². The minimum absolute atomic E-state index is 0.0238. The highest BCUT2D eigenvalue weighted by atomic mass is 19.1. The largest absolute Gasteiger partial charge is 0.489 e. The second-order valence-electron chi connectivity index (χ2n) is 4.59. The molecule has 0 atom stereocenters. The summed E-state index contributed by atoms with van der Waals surface area (Å²) < 4.78 is 31.5. The van der Waals surface area contributed by atoms with Gasteiger partial charge in [-0.05, 0) is 24.3 Å². The molecule has 3 rings (SSSR count). The molecule has 1 aromatic heterocycles. The molecule has 1 N–H and O–H groups in total. The van der Waals surface area contributed by atoms with Gasteiger partial charge in [0.1, 0.15) is 24.6 Å². The molecule has 0 spiro atoms. The first-order valence-electron chi connectivity index (χ1n) is 6.75. The van der Waals surface area contributed by atoms with Crippen LogP contribution in [-0.4, -0.2) is 23.1 Å². The predicted molar refractivity (Wildman–Crippen MR) is 79.9 cm³/mol. The molecule has 0 aliphatic heterocycles. The van der Waals surface area contributed by atoms with Crippen molar-refractivity contribution in [2.75, 3.05) is 18.5 Å². The molecule has 1 heterocycles. The van der Waals surface area contributed by atoms with Gasteiger partial charge in [0.2, 0.25) is 0 Å². The van der Waals surface area contributed by atoms with Gasteiger partial charge in [-0.2, -0.15) is 0 Å². The van der Waals surface area contributed by atoms with Crippen molar-refractivity contribution in [3.8, 4) is 5.75 Å². The minimum Gasteiger partial charge on any atom is -0.489 e. The van der Waals surface area contributed by atoms with Crippen molar-refractivity contribution in [2.45, 2.75) is 0 Å². The molecule has 0 saturated carbocycles. The second kappa shape index (κ2) is 6.34. The second-order valence-corrected chi connectivity index (χ2v) is 4.59. The van der Waals surface area contributed by atoms with Crippen LogP contribution in [0.4, 0.5) is 14.6 Å². The van der Waals surface area contributed by atoms with Gasteiger partial charge in [-0.3, -0.25) is 0 Å². The molecule has 0 amide bonds. The first kappa shape index (κ1) is 14.2. The van der Waals surface area contributed by atoms with Gasteiger partial charge in [0.25, 0.3) is 0 Å². The monoisotopic (exact) mass is 301 g/mol. The Morgan fingerprint density at radius 2 is 1.91 bits per heavy atom. The van der Waals surface area contributed by atoms with Gasteiger partial charge in [0.15, 0.2) is 11.6 Å². The average molecular weight is 301 g/mol. The quantitative estimate of drug-likeness (QED) is 0.734. The lowest BCUT2D eigenvalue weighted by atomic mass is 10.2. The predicted octanol–water partition coefficient (Wildman–Crippen LogP) is 3.40. The summed E-state index contributed by atoms with van der Waals surface area (Å²) in [4.78, 5) is 8.35. The standard InChI is InChI=1S/C16H13F2N3O/c17-11-5-6-15(13(18)9-11)22-8-7-19-16-12-3-1-2-4-14(12)20-10-21-16/h1-6,9-10H,7-8H2,(H,19,20,21). The maximum absolute atomic E-state index is 13.4. The van der Waals surface area contributed by atoms with Crippen molar-refractivity contribution in [2.24, 2.45) is 0 Å².